The second-order valence-corrected chi connectivity index (χ2v) is 4.73. The van der Waals surface area contributed by atoms with Gasteiger partial charge in [-0.05, 0) is 12.5 Å². The van der Waals surface area contributed by atoms with E-state index in [2.05, 4.69) is 45.7 Å². The van der Waals surface area contributed by atoms with Gasteiger partial charge in [0.15, 0.2) is 13.3 Å². The molecule has 1 aliphatic heterocycles. The smallest absolute Gasteiger partial charge is 0.230 e. The van der Waals surface area contributed by atoms with Crippen LogP contribution in [0.1, 0.15) is 11.4 Å². The highest BCUT2D eigenvalue weighted by molar-refractivity contribution is 5.24. The molecule has 1 aromatic heterocycles. The van der Waals surface area contributed by atoms with E-state index in [0.717, 1.165) is 38.1 Å². The van der Waals surface area contributed by atoms with Gasteiger partial charge in [0.2, 0.25) is 5.95 Å². The van der Waals surface area contributed by atoms with Crippen LogP contribution in [0.5, 0.6) is 0 Å². The molecule has 3 rings (SSSR count). The number of fused-ring (bicyclic) bond motifs is 1. The Bertz CT molecular complexity index is 519. The van der Waals surface area contributed by atoms with Gasteiger partial charge in [-0.15, -0.1) is 5.10 Å². The first kappa shape index (κ1) is 11.2. The van der Waals surface area contributed by atoms with Crippen molar-refractivity contribution in [2.45, 2.75) is 20.0 Å². The fourth-order valence-corrected chi connectivity index (χ4v) is 2.30. The number of rotatable bonds is 3. The summed E-state index contributed by atoms with van der Waals surface area (Å²) < 4.78 is 1.96. The van der Waals surface area contributed by atoms with Crippen LogP contribution in [0.15, 0.2) is 30.3 Å². The average Bonchev–Trinajstić information content (AvgIpc) is 2.77. The van der Waals surface area contributed by atoms with Crippen molar-refractivity contribution in [1.29, 1.82) is 0 Å². The van der Waals surface area contributed by atoms with E-state index in [4.69, 9.17) is 0 Å². The third-order valence-corrected chi connectivity index (χ3v) is 3.26. The van der Waals surface area contributed by atoms with Crippen molar-refractivity contribution < 1.29 is 4.90 Å². The van der Waals surface area contributed by atoms with Crippen LogP contribution in [0, 0.1) is 6.92 Å². The fraction of sp³-hybridized carbons (Fsp3) is 0.385. The van der Waals surface area contributed by atoms with E-state index in [1.807, 2.05) is 11.6 Å². The molecule has 18 heavy (non-hydrogen) atoms. The predicted molar refractivity (Wildman–Crippen MR) is 69.2 cm³/mol. The quantitative estimate of drug-likeness (QED) is 0.802. The van der Waals surface area contributed by atoms with Crippen molar-refractivity contribution in [1.82, 2.24) is 14.8 Å². The lowest BCUT2D eigenvalue weighted by Crippen LogP contribution is -3.13. The van der Waals surface area contributed by atoms with Gasteiger partial charge in [0.1, 0.15) is 5.82 Å². The maximum atomic E-state index is 4.38. The third kappa shape index (κ3) is 2.36. The monoisotopic (exact) mass is 244 g/mol. The second-order valence-electron chi connectivity index (χ2n) is 4.73. The molecule has 0 saturated heterocycles. The first-order chi connectivity index (χ1) is 8.81. The van der Waals surface area contributed by atoms with E-state index in [9.17, 15) is 0 Å². The molecule has 0 amide bonds. The molecule has 5 heteroatoms. The van der Waals surface area contributed by atoms with Crippen LogP contribution < -0.4 is 10.2 Å². The minimum absolute atomic E-state index is 0.835. The molecule has 0 bridgehead atoms. The Balaban J connectivity index is 1.60. The van der Waals surface area contributed by atoms with Crippen molar-refractivity contribution in [3.05, 3.63) is 41.7 Å². The Morgan fingerprint density at radius 2 is 2.17 bits per heavy atom. The molecule has 0 spiro atoms. The summed E-state index contributed by atoms with van der Waals surface area (Å²) in [7, 11) is 0. The van der Waals surface area contributed by atoms with E-state index in [1.54, 1.807) is 0 Å². The number of hydrogen-bond acceptors (Lipinski definition) is 3. The van der Waals surface area contributed by atoms with Crippen LogP contribution >= 0.6 is 0 Å². The number of hydrogen-bond donors (Lipinski definition) is 2. The largest absolute Gasteiger partial charge is 0.307 e. The summed E-state index contributed by atoms with van der Waals surface area (Å²) in [6, 6.07) is 10.6. The zero-order chi connectivity index (χ0) is 12.4. The number of aryl methyl sites for hydroxylation is 1. The average molecular weight is 244 g/mol. The molecule has 1 aromatic carbocycles. The number of nitrogens with one attached hydrogen (secondary N) is 2. The Labute approximate surface area is 106 Å². The predicted octanol–water partition coefficient (Wildman–Crippen LogP) is 0.0546. The SMILES string of the molecule is Cc1nc2n(n1)C[NH+](CCc1ccccc1)CN2. The highest BCUT2D eigenvalue weighted by atomic mass is 15.5. The van der Waals surface area contributed by atoms with Gasteiger partial charge >= 0.3 is 0 Å². The molecule has 1 aliphatic rings. The van der Waals surface area contributed by atoms with Gasteiger partial charge in [0.25, 0.3) is 0 Å². The van der Waals surface area contributed by atoms with Gasteiger partial charge in [-0.1, -0.05) is 30.3 Å². The van der Waals surface area contributed by atoms with Crippen LogP contribution in [0.4, 0.5) is 5.95 Å². The molecule has 2 aromatic rings. The van der Waals surface area contributed by atoms with E-state index < -0.39 is 0 Å². The van der Waals surface area contributed by atoms with Crippen LogP contribution in [0.2, 0.25) is 0 Å². The van der Waals surface area contributed by atoms with E-state index in [0.29, 0.717) is 0 Å². The van der Waals surface area contributed by atoms with Gasteiger partial charge in [0.05, 0.1) is 6.54 Å². The van der Waals surface area contributed by atoms with Crippen molar-refractivity contribution in [3.63, 3.8) is 0 Å². The maximum Gasteiger partial charge on any atom is 0.230 e. The number of nitrogens with zero attached hydrogens (tertiary/aromatic N) is 3. The minimum Gasteiger partial charge on any atom is -0.307 e. The zero-order valence-electron chi connectivity index (χ0n) is 10.6. The summed E-state index contributed by atoms with van der Waals surface area (Å²) in [5, 5.41) is 7.70. The summed E-state index contributed by atoms with van der Waals surface area (Å²) in [5.74, 6) is 1.73. The molecule has 5 nitrogen and oxygen atoms in total. The summed E-state index contributed by atoms with van der Waals surface area (Å²) in [6.45, 7) is 4.85. The van der Waals surface area contributed by atoms with E-state index in [-0.39, 0.29) is 0 Å². The molecule has 94 valence electrons. The topological polar surface area (TPSA) is 47.2 Å². The van der Waals surface area contributed by atoms with E-state index in [1.165, 1.54) is 10.5 Å². The number of aromatic nitrogens is 3. The minimum atomic E-state index is 0.835. The molecular formula is C13H18N5+. The van der Waals surface area contributed by atoms with Crippen molar-refractivity contribution >= 4 is 5.95 Å². The molecular weight excluding hydrogens is 226 g/mol. The van der Waals surface area contributed by atoms with Gasteiger partial charge in [-0.2, -0.15) is 9.67 Å². The lowest BCUT2D eigenvalue weighted by molar-refractivity contribution is -0.922. The standard InChI is InChI=1S/C13H17N5/c1-11-15-13-14-9-17(10-18(13)16-11)8-7-12-5-3-2-4-6-12/h2-6H,7-10H2,1H3,(H,14,15,16)/p+1. The lowest BCUT2D eigenvalue weighted by atomic mass is 10.1. The molecule has 1 unspecified atom stereocenters. The third-order valence-electron chi connectivity index (χ3n) is 3.26. The zero-order valence-corrected chi connectivity index (χ0v) is 10.6. The summed E-state index contributed by atoms with van der Waals surface area (Å²) in [4.78, 5) is 5.81. The molecule has 1 atom stereocenters. The Morgan fingerprint density at radius 3 is 3.00 bits per heavy atom. The van der Waals surface area contributed by atoms with Gasteiger partial charge in [0, 0.05) is 6.42 Å². The lowest BCUT2D eigenvalue weighted by Gasteiger charge is -2.24. The van der Waals surface area contributed by atoms with Crippen LogP contribution in [-0.4, -0.2) is 28.0 Å². The van der Waals surface area contributed by atoms with Crippen LogP contribution in [-0.2, 0) is 13.1 Å². The van der Waals surface area contributed by atoms with Gasteiger partial charge in [-0.25, -0.2) is 0 Å². The second kappa shape index (κ2) is 4.78. The Kier molecular flexibility index (Phi) is 2.98. The van der Waals surface area contributed by atoms with Crippen LogP contribution in [0.25, 0.3) is 0 Å². The van der Waals surface area contributed by atoms with Crippen molar-refractivity contribution in [2.24, 2.45) is 0 Å². The van der Waals surface area contributed by atoms with Crippen molar-refractivity contribution in [3.8, 4) is 0 Å². The first-order valence-corrected chi connectivity index (χ1v) is 6.34. The Morgan fingerprint density at radius 1 is 1.33 bits per heavy atom. The normalized spacial score (nSPS) is 18.2. The van der Waals surface area contributed by atoms with E-state index >= 15 is 0 Å². The number of benzene rings is 1. The van der Waals surface area contributed by atoms with Crippen LogP contribution in [0.3, 0.4) is 0 Å². The molecule has 0 saturated carbocycles. The first-order valence-electron chi connectivity index (χ1n) is 6.34. The molecule has 0 fully saturated rings. The number of quaternary nitrogens is 1. The number of anilines is 1. The van der Waals surface area contributed by atoms with Crippen molar-refractivity contribution in [2.75, 3.05) is 18.5 Å². The fourth-order valence-electron chi connectivity index (χ4n) is 2.30. The Hall–Kier alpha value is -1.88. The maximum absolute atomic E-state index is 4.38. The van der Waals surface area contributed by atoms with Gasteiger partial charge < -0.3 is 5.32 Å². The molecule has 2 N–H and O–H groups in total. The highest BCUT2D eigenvalue weighted by Crippen LogP contribution is 2.04. The highest BCUT2D eigenvalue weighted by Gasteiger charge is 2.20. The summed E-state index contributed by atoms with van der Waals surface area (Å²) in [5.41, 5.74) is 1.39. The molecule has 2 heterocycles. The summed E-state index contributed by atoms with van der Waals surface area (Å²) >= 11 is 0. The molecule has 0 radical (unpaired) electrons. The summed E-state index contributed by atoms with van der Waals surface area (Å²) in [6.07, 6.45) is 1.10. The van der Waals surface area contributed by atoms with Gasteiger partial charge in [-0.3, -0.25) is 4.90 Å². The molecule has 0 aliphatic carbocycles.